The third kappa shape index (κ3) is 1.98. The first-order chi connectivity index (χ1) is 7.20. The summed E-state index contributed by atoms with van der Waals surface area (Å²) in [6.45, 7) is 2.40. The molecule has 0 saturated carbocycles. The second-order valence-corrected chi connectivity index (χ2v) is 3.65. The van der Waals surface area contributed by atoms with Crippen molar-refractivity contribution in [1.29, 1.82) is 0 Å². The Morgan fingerprint density at radius 1 is 1.60 bits per heavy atom. The van der Waals surface area contributed by atoms with Crippen molar-refractivity contribution in [3.05, 3.63) is 5.89 Å². The summed E-state index contributed by atoms with van der Waals surface area (Å²) in [6, 6.07) is 0.333. The van der Waals surface area contributed by atoms with E-state index in [9.17, 15) is 9.18 Å². The molecule has 1 aliphatic rings. The maximum atomic E-state index is 13.4. The minimum atomic E-state index is -1.15. The molecular weight excluding hydrogens is 201 g/mol. The number of aromatic nitrogens is 2. The highest BCUT2D eigenvalue weighted by atomic mass is 19.1. The third-order valence-corrected chi connectivity index (χ3v) is 2.55. The molecule has 0 aliphatic carbocycles. The molecule has 0 amide bonds. The Labute approximate surface area is 86.3 Å². The molecule has 82 valence electrons. The van der Waals surface area contributed by atoms with Gasteiger partial charge >= 0.3 is 6.01 Å². The van der Waals surface area contributed by atoms with Gasteiger partial charge in [-0.15, -0.1) is 5.10 Å². The number of hydrogen-bond acceptors (Lipinski definition) is 5. The molecule has 0 unspecified atom stereocenters. The molecule has 0 aromatic carbocycles. The predicted molar refractivity (Wildman–Crippen MR) is 50.3 cm³/mol. The first-order valence-electron chi connectivity index (χ1n) is 4.85. The number of hydrogen-bond donors (Lipinski definition) is 0. The molecule has 1 fully saturated rings. The number of piperidine rings is 1. The molecule has 0 radical (unpaired) electrons. The molecule has 2 rings (SSSR count). The van der Waals surface area contributed by atoms with Crippen LogP contribution >= 0.6 is 0 Å². The number of carbonyl (C=O) groups is 1. The lowest BCUT2D eigenvalue weighted by atomic mass is 9.97. The summed E-state index contributed by atoms with van der Waals surface area (Å²) in [5, 5.41) is 7.48. The number of anilines is 1. The summed E-state index contributed by atoms with van der Waals surface area (Å²) in [7, 11) is 0. The van der Waals surface area contributed by atoms with Crippen LogP contribution in [0.15, 0.2) is 4.42 Å². The van der Waals surface area contributed by atoms with Crippen molar-refractivity contribution >= 4 is 12.3 Å². The Morgan fingerprint density at radius 3 is 2.93 bits per heavy atom. The van der Waals surface area contributed by atoms with Crippen LogP contribution in [-0.4, -0.2) is 35.7 Å². The second-order valence-electron chi connectivity index (χ2n) is 3.65. The van der Waals surface area contributed by atoms with Crippen LogP contribution in [-0.2, 0) is 4.79 Å². The number of nitrogens with zero attached hydrogens (tertiary/aromatic N) is 3. The van der Waals surface area contributed by atoms with E-state index in [1.54, 1.807) is 11.8 Å². The van der Waals surface area contributed by atoms with Gasteiger partial charge in [0.05, 0.1) is 6.54 Å². The Balaban J connectivity index is 2.05. The van der Waals surface area contributed by atoms with Crippen LogP contribution in [0.2, 0.25) is 0 Å². The van der Waals surface area contributed by atoms with Crippen LogP contribution < -0.4 is 4.90 Å². The molecule has 6 heteroatoms. The third-order valence-electron chi connectivity index (χ3n) is 2.55. The van der Waals surface area contributed by atoms with Crippen LogP contribution in [0.25, 0.3) is 0 Å². The molecule has 0 spiro atoms. The zero-order valence-corrected chi connectivity index (χ0v) is 8.39. The van der Waals surface area contributed by atoms with Crippen molar-refractivity contribution in [2.24, 2.45) is 5.92 Å². The van der Waals surface area contributed by atoms with Gasteiger partial charge in [-0.25, -0.2) is 4.39 Å². The Kier molecular flexibility index (Phi) is 2.66. The van der Waals surface area contributed by atoms with E-state index in [2.05, 4.69) is 10.2 Å². The van der Waals surface area contributed by atoms with Crippen LogP contribution in [0.5, 0.6) is 0 Å². The average Bonchev–Trinajstić information content (AvgIpc) is 2.65. The Morgan fingerprint density at radius 2 is 2.40 bits per heavy atom. The minimum Gasteiger partial charge on any atom is -0.408 e. The van der Waals surface area contributed by atoms with E-state index in [0.29, 0.717) is 31.2 Å². The zero-order valence-electron chi connectivity index (χ0n) is 8.39. The molecule has 5 nitrogen and oxygen atoms in total. The van der Waals surface area contributed by atoms with Crippen molar-refractivity contribution in [1.82, 2.24) is 10.2 Å². The van der Waals surface area contributed by atoms with Crippen molar-refractivity contribution in [2.75, 3.05) is 18.0 Å². The van der Waals surface area contributed by atoms with Gasteiger partial charge < -0.3 is 14.1 Å². The van der Waals surface area contributed by atoms with E-state index in [4.69, 9.17) is 4.42 Å². The van der Waals surface area contributed by atoms with Crippen LogP contribution in [0.4, 0.5) is 10.4 Å². The van der Waals surface area contributed by atoms with E-state index < -0.39 is 12.1 Å². The first kappa shape index (κ1) is 10.1. The molecule has 1 aromatic rings. The molecule has 0 N–H and O–H groups in total. The predicted octanol–water partition coefficient (Wildman–Crippen LogP) is 0.741. The Hall–Kier alpha value is -1.46. The molecule has 15 heavy (non-hydrogen) atoms. The maximum absolute atomic E-state index is 13.4. The van der Waals surface area contributed by atoms with Crippen LogP contribution in [0, 0.1) is 12.8 Å². The van der Waals surface area contributed by atoms with Crippen molar-refractivity contribution in [3.63, 3.8) is 0 Å². The molecule has 2 heterocycles. The fourth-order valence-corrected chi connectivity index (χ4v) is 1.66. The lowest BCUT2D eigenvalue weighted by Crippen LogP contribution is -2.42. The lowest BCUT2D eigenvalue weighted by Gasteiger charge is -2.30. The monoisotopic (exact) mass is 213 g/mol. The number of rotatable bonds is 2. The first-order valence-corrected chi connectivity index (χ1v) is 4.85. The number of alkyl halides is 1. The van der Waals surface area contributed by atoms with Crippen molar-refractivity contribution in [2.45, 2.75) is 19.5 Å². The van der Waals surface area contributed by atoms with Gasteiger partial charge in [0.25, 0.3) is 0 Å². The second kappa shape index (κ2) is 3.96. The van der Waals surface area contributed by atoms with Gasteiger partial charge in [0.2, 0.25) is 5.89 Å². The van der Waals surface area contributed by atoms with Crippen molar-refractivity contribution in [3.8, 4) is 0 Å². The fourth-order valence-electron chi connectivity index (χ4n) is 1.66. The zero-order chi connectivity index (χ0) is 10.8. The lowest BCUT2D eigenvalue weighted by molar-refractivity contribution is -0.113. The van der Waals surface area contributed by atoms with Crippen molar-refractivity contribution < 1.29 is 13.6 Å². The van der Waals surface area contributed by atoms with Gasteiger partial charge in [-0.3, -0.25) is 0 Å². The molecule has 2 atom stereocenters. The van der Waals surface area contributed by atoms with Gasteiger partial charge in [-0.1, -0.05) is 5.10 Å². The normalized spacial score (nSPS) is 26.7. The van der Waals surface area contributed by atoms with Crippen LogP contribution in [0.1, 0.15) is 12.3 Å². The highest BCUT2D eigenvalue weighted by molar-refractivity contribution is 5.55. The standard InChI is InChI=1S/C9H12FN3O2/c1-6-11-12-9(15-6)13-3-2-7(5-14)8(10)4-13/h5,7-8H,2-4H2,1H3/t7-,8-/m0/s1. The van der Waals surface area contributed by atoms with Gasteiger partial charge in [-0.05, 0) is 6.42 Å². The maximum Gasteiger partial charge on any atom is 0.318 e. The summed E-state index contributed by atoms with van der Waals surface area (Å²) in [4.78, 5) is 12.2. The molecule has 0 bridgehead atoms. The van der Waals surface area contributed by atoms with E-state index in [-0.39, 0.29) is 6.54 Å². The summed E-state index contributed by atoms with van der Waals surface area (Å²) < 4.78 is 18.6. The van der Waals surface area contributed by atoms with E-state index in [1.165, 1.54) is 0 Å². The number of carbonyl (C=O) groups excluding carboxylic acids is 1. The SMILES string of the molecule is Cc1nnc(N2CC[C@@H](C=O)[C@@H](F)C2)o1. The number of halogens is 1. The van der Waals surface area contributed by atoms with Gasteiger partial charge in [-0.2, -0.15) is 0 Å². The average molecular weight is 213 g/mol. The molecule has 1 aromatic heterocycles. The van der Waals surface area contributed by atoms with Gasteiger partial charge in [0.1, 0.15) is 12.5 Å². The minimum absolute atomic E-state index is 0.144. The van der Waals surface area contributed by atoms with E-state index in [1.807, 2.05) is 0 Å². The number of aldehydes is 1. The van der Waals surface area contributed by atoms with Gasteiger partial charge in [0.15, 0.2) is 0 Å². The molecular formula is C9H12FN3O2. The summed E-state index contributed by atoms with van der Waals surface area (Å²) in [6.07, 6.45) is 0.0242. The topological polar surface area (TPSA) is 59.2 Å². The smallest absolute Gasteiger partial charge is 0.318 e. The Bertz CT molecular complexity index is 355. The van der Waals surface area contributed by atoms with Gasteiger partial charge in [0, 0.05) is 19.4 Å². The quantitative estimate of drug-likeness (QED) is 0.678. The summed E-state index contributed by atoms with van der Waals surface area (Å²) in [5.74, 6) is -0.0387. The van der Waals surface area contributed by atoms with E-state index >= 15 is 0 Å². The van der Waals surface area contributed by atoms with Crippen LogP contribution in [0.3, 0.4) is 0 Å². The largest absolute Gasteiger partial charge is 0.408 e. The number of aryl methyl sites for hydroxylation is 1. The summed E-state index contributed by atoms with van der Waals surface area (Å²) in [5.41, 5.74) is 0. The summed E-state index contributed by atoms with van der Waals surface area (Å²) >= 11 is 0. The van der Waals surface area contributed by atoms with E-state index in [0.717, 1.165) is 0 Å². The highest BCUT2D eigenvalue weighted by Gasteiger charge is 2.30. The molecule has 1 saturated heterocycles. The highest BCUT2D eigenvalue weighted by Crippen LogP contribution is 2.23. The fraction of sp³-hybridized carbons (Fsp3) is 0.667. The molecule has 1 aliphatic heterocycles.